The fraction of sp³-hybridized carbons (Fsp3) is 0.150. The van der Waals surface area contributed by atoms with Crippen LogP contribution in [0, 0.1) is 11.6 Å². The molecular weight excluding hydrogens is 431 g/mol. The van der Waals surface area contributed by atoms with Gasteiger partial charge in [-0.05, 0) is 35.9 Å². The van der Waals surface area contributed by atoms with Crippen molar-refractivity contribution < 1.29 is 35.5 Å². The summed E-state index contributed by atoms with van der Waals surface area (Å²) in [6.45, 7) is -1.46. The summed E-state index contributed by atoms with van der Waals surface area (Å²) in [7, 11) is 0. The summed E-state index contributed by atoms with van der Waals surface area (Å²) in [6, 6.07) is 5.45. The van der Waals surface area contributed by atoms with Crippen molar-refractivity contribution in [3.63, 3.8) is 0 Å². The Bertz CT molecular complexity index is 1120. The van der Waals surface area contributed by atoms with E-state index in [-0.39, 0.29) is 11.1 Å². The second-order valence-electron chi connectivity index (χ2n) is 6.37. The number of alkyl halides is 5. The van der Waals surface area contributed by atoms with E-state index in [0.717, 1.165) is 48.8 Å². The molecule has 0 atom stereocenters. The standard InChI is InChI=1S/C20H12F7N3O/c21-13-6-12(8-28-9-13)11-3-4-15(16(22)7-11)19(23,24)10-30-18(31)14-2-1-5-29-17(14)20(25,26)27/h1-9H,10H2,(H,30,31). The van der Waals surface area contributed by atoms with Gasteiger partial charge in [-0.1, -0.05) is 6.07 Å². The molecular formula is C20H12F7N3O. The zero-order valence-electron chi connectivity index (χ0n) is 15.4. The van der Waals surface area contributed by atoms with E-state index in [2.05, 4.69) is 9.97 Å². The predicted molar refractivity (Wildman–Crippen MR) is 95.1 cm³/mol. The first-order valence-electron chi connectivity index (χ1n) is 8.58. The number of nitrogens with one attached hydrogen (secondary N) is 1. The second kappa shape index (κ2) is 8.32. The molecule has 0 fully saturated rings. The smallest absolute Gasteiger partial charge is 0.346 e. The van der Waals surface area contributed by atoms with E-state index in [4.69, 9.17) is 0 Å². The Kier molecular flexibility index (Phi) is 5.96. The highest BCUT2D eigenvalue weighted by Crippen LogP contribution is 2.33. The van der Waals surface area contributed by atoms with E-state index in [9.17, 15) is 35.5 Å². The summed E-state index contributed by atoms with van der Waals surface area (Å²) in [5, 5.41) is 1.68. The summed E-state index contributed by atoms with van der Waals surface area (Å²) in [4.78, 5) is 18.7. The number of rotatable bonds is 5. The average molecular weight is 443 g/mol. The van der Waals surface area contributed by atoms with Crippen molar-refractivity contribution in [3.05, 3.63) is 83.4 Å². The lowest BCUT2D eigenvalue weighted by Gasteiger charge is -2.19. The Hall–Kier alpha value is -3.50. The lowest BCUT2D eigenvalue weighted by molar-refractivity contribution is -0.141. The van der Waals surface area contributed by atoms with Crippen LogP contribution in [0.5, 0.6) is 0 Å². The molecule has 0 saturated carbocycles. The van der Waals surface area contributed by atoms with Gasteiger partial charge in [-0.15, -0.1) is 0 Å². The number of aromatic nitrogens is 2. The fourth-order valence-electron chi connectivity index (χ4n) is 2.76. The molecule has 3 aromatic rings. The molecule has 162 valence electrons. The van der Waals surface area contributed by atoms with Gasteiger partial charge in [-0.2, -0.15) is 22.0 Å². The highest BCUT2D eigenvalue weighted by molar-refractivity contribution is 5.95. The normalized spacial score (nSPS) is 12.0. The van der Waals surface area contributed by atoms with Crippen molar-refractivity contribution in [2.75, 3.05) is 6.54 Å². The van der Waals surface area contributed by atoms with Crippen LogP contribution in [0.1, 0.15) is 21.6 Å². The van der Waals surface area contributed by atoms with Gasteiger partial charge < -0.3 is 5.32 Å². The van der Waals surface area contributed by atoms with E-state index < -0.39 is 53.0 Å². The van der Waals surface area contributed by atoms with E-state index >= 15 is 0 Å². The Balaban J connectivity index is 1.79. The lowest BCUT2D eigenvalue weighted by Crippen LogP contribution is -2.36. The van der Waals surface area contributed by atoms with Crippen molar-refractivity contribution in [1.29, 1.82) is 0 Å². The molecule has 3 rings (SSSR count). The largest absolute Gasteiger partial charge is 0.434 e. The van der Waals surface area contributed by atoms with Crippen molar-refractivity contribution >= 4 is 5.91 Å². The minimum Gasteiger partial charge on any atom is -0.346 e. The fourth-order valence-corrected chi connectivity index (χ4v) is 2.76. The molecule has 1 amide bonds. The summed E-state index contributed by atoms with van der Waals surface area (Å²) >= 11 is 0. The zero-order chi connectivity index (χ0) is 22.8. The first-order chi connectivity index (χ1) is 14.5. The number of amides is 1. The van der Waals surface area contributed by atoms with Crippen LogP contribution >= 0.6 is 0 Å². The Morgan fingerprint density at radius 3 is 2.35 bits per heavy atom. The number of benzene rings is 1. The number of carbonyl (C=O) groups excluding carboxylic acids is 1. The maximum absolute atomic E-state index is 14.5. The summed E-state index contributed by atoms with van der Waals surface area (Å²) in [5.41, 5.74) is -3.34. The molecule has 2 aromatic heterocycles. The number of halogens is 7. The minimum absolute atomic E-state index is 0.0817. The molecule has 0 aliphatic rings. The van der Waals surface area contributed by atoms with Crippen LogP contribution in [0.4, 0.5) is 30.7 Å². The van der Waals surface area contributed by atoms with E-state index in [1.54, 1.807) is 5.32 Å². The Labute approximate surface area is 170 Å². The molecule has 0 aliphatic carbocycles. The summed E-state index contributed by atoms with van der Waals surface area (Å²) < 4.78 is 95.3. The van der Waals surface area contributed by atoms with E-state index in [1.807, 2.05) is 0 Å². The van der Waals surface area contributed by atoms with Gasteiger partial charge in [0.05, 0.1) is 23.9 Å². The number of pyridine rings is 2. The van der Waals surface area contributed by atoms with Gasteiger partial charge in [-0.3, -0.25) is 14.8 Å². The molecule has 31 heavy (non-hydrogen) atoms. The van der Waals surface area contributed by atoms with Gasteiger partial charge in [0.25, 0.3) is 11.8 Å². The molecule has 2 heterocycles. The molecule has 4 nitrogen and oxygen atoms in total. The summed E-state index contributed by atoms with van der Waals surface area (Å²) in [6.07, 6.45) is -2.04. The molecule has 11 heteroatoms. The number of nitrogens with zero attached hydrogens (tertiary/aromatic N) is 2. The van der Waals surface area contributed by atoms with Crippen LogP contribution < -0.4 is 5.32 Å². The maximum atomic E-state index is 14.5. The van der Waals surface area contributed by atoms with Gasteiger partial charge in [0.1, 0.15) is 11.6 Å². The lowest BCUT2D eigenvalue weighted by atomic mass is 10.0. The predicted octanol–water partition coefficient (Wildman–Crippen LogP) is 4.96. The highest BCUT2D eigenvalue weighted by Gasteiger charge is 2.39. The minimum atomic E-state index is -4.97. The third-order valence-corrected chi connectivity index (χ3v) is 4.19. The number of hydrogen-bond acceptors (Lipinski definition) is 3. The first-order valence-corrected chi connectivity index (χ1v) is 8.58. The third-order valence-electron chi connectivity index (χ3n) is 4.19. The quantitative estimate of drug-likeness (QED) is 0.567. The summed E-state index contributed by atoms with van der Waals surface area (Å²) in [5.74, 6) is -7.44. The van der Waals surface area contributed by atoms with Gasteiger partial charge >= 0.3 is 6.18 Å². The van der Waals surface area contributed by atoms with Crippen LogP contribution in [-0.4, -0.2) is 22.4 Å². The van der Waals surface area contributed by atoms with Gasteiger partial charge in [-0.25, -0.2) is 8.78 Å². The Morgan fingerprint density at radius 2 is 1.71 bits per heavy atom. The van der Waals surface area contributed by atoms with Crippen molar-refractivity contribution in [1.82, 2.24) is 15.3 Å². The average Bonchev–Trinajstić information content (AvgIpc) is 2.71. The van der Waals surface area contributed by atoms with Gasteiger partial charge in [0.15, 0.2) is 5.69 Å². The number of hydrogen-bond donors (Lipinski definition) is 1. The van der Waals surface area contributed by atoms with Crippen molar-refractivity contribution in [2.45, 2.75) is 12.1 Å². The van der Waals surface area contributed by atoms with Crippen LogP contribution in [0.25, 0.3) is 11.1 Å². The van der Waals surface area contributed by atoms with Crippen LogP contribution in [-0.2, 0) is 12.1 Å². The molecule has 0 unspecified atom stereocenters. The molecule has 1 aromatic carbocycles. The van der Waals surface area contributed by atoms with E-state index in [1.165, 1.54) is 6.20 Å². The van der Waals surface area contributed by atoms with Gasteiger partial charge in [0.2, 0.25) is 0 Å². The molecule has 0 spiro atoms. The van der Waals surface area contributed by atoms with Crippen LogP contribution in [0.3, 0.4) is 0 Å². The molecule has 0 saturated heterocycles. The second-order valence-corrected chi connectivity index (χ2v) is 6.37. The van der Waals surface area contributed by atoms with Crippen molar-refractivity contribution in [3.8, 4) is 11.1 Å². The van der Waals surface area contributed by atoms with Crippen molar-refractivity contribution in [2.24, 2.45) is 0 Å². The molecule has 1 N–H and O–H groups in total. The molecule has 0 bridgehead atoms. The number of carbonyl (C=O) groups is 1. The SMILES string of the molecule is O=C(NCC(F)(F)c1ccc(-c2cncc(F)c2)cc1F)c1cccnc1C(F)(F)F. The van der Waals surface area contributed by atoms with Crippen LogP contribution in [0.15, 0.2) is 55.0 Å². The monoisotopic (exact) mass is 443 g/mol. The zero-order valence-corrected chi connectivity index (χ0v) is 15.4. The van der Waals surface area contributed by atoms with Gasteiger partial charge in [0, 0.05) is 18.0 Å². The van der Waals surface area contributed by atoms with Crippen LogP contribution in [0.2, 0.25) is 0 Å². The third kappa shape index (κ3) is 4.98. The van der Waals surface area contributed by atoms with E-state index in [0.29, 0.717) is 0 Å². The molecule has 0 radical (unpaired) electrons. The first kappa shape index (κ1) is 22.2. The topological polar surface area (TPSA) is 54.9 Å². The Morgan fingerprint density at radius 1 is 0.968 bits per heavy atom. The highest BCUT2D eigenvalue weighted by atomic mass is 19.4. The maximum Gasteiger partial charge on any atom is 0.434 e. The molecule has 0 aliphatic heterocycles.